The molecule has 1 N–H and O–H groups in total. The third-order valence-electron chi connectivity index (χ3n) is 5.48. The van der Waals surface area contributed by atoms with Gasteiger partial charge < -0.3 is 24.4 Å². The van der Waals surface area contributed by atoms with Crippen LogP contribution < -0.4 is 10.1 Å². The topological polar surface area (TPSA) is 73.1 Å². The summed E-state index contributed by atoms with van der Waals surface area (Å²) in [6.07, 6.45) is 4.47. The Morgan fingerprint density at radius 2 is 2.00 bits per heavy atom. The molecule has 170 valence electrons. The molecule has 2 saturated heterocycles. The second-order valence-electron chi connectivity index (χ2n) is 7.53. The summed E-state index contributed by atoms with van der Waals surface area (Å²) in [6, 6.07) is 9.84. The van der Waals surface area contributed by atoms with Gasteiger partial charge in [0.25, 0.3) is 0 Å². The van der Waals surface area contributed by atoms with Gasteiger partial charge in [0.2, 0.25) is 0 Å². The smallest absolute Gasteiger partial charge is 0.194 e. The number of aliphatic imine (C=N–C) groups is 1. The Bertz CT molecular complexity index is 836. The summed E-state index contributed by atoms with van der Waals surface area (Å²) in [5.41, 5.74) is 1.91. The summed E-state index contributed by atoms with van der Waals surface area (Å²) in [7, 11) is 1.67. The van der Waals surface area contributed by atoms with Gasteiger partial charge in [-0.25, -0.2) is 9.67 Å². The van der Waals surface area contributed by atoms with Crippen molar-refractivity contribution < 1.29 is 14.2 Å². The van der Waals surface area contributed by atoms with E-state index in [-0.39, 0.29) is 36.2 Å². The van der Waals surface area contributed by atoms with Crippen LogP contribution in [0, 0.1) is 0 Å². The second-order valence-corrected chi connectivity index (χ2v) is 7.53. The molecule has 4 rings (SSSR count). The molecule has 9 heteroatoms. The highest BCUT2D eigenvalue weighted by Crippen LogP contribution is 2.21. The lowest BCUT2D eigenvalue weighted by Gasteiger charge is -2.37. The highest BCUT2D eigenvalue weighted by molar-refractivity contribution is 14.0. The number of benzene rings is 1. The average Bonchev–Trinajstić information content (AvgIpc) is 3.49. The van der Waals surface area contributed by atoms with E-state index in [2.05, 4.69) is 22.2 Å². The standard InChI is InChI=1S/C22H31N5O3.HI/c1-3-23-22(26-12-14-30-21(16-26)20-5-4-13-29-20)24-15-17-10-11-27(25-17)18-6-8-19(28-2)9-7-18;/h6-11,20-21H,3-5,12-16H2,1-2H3,(H,23,24);1H. The third-order valence-corrected chi connectivity index (χ3v) is 5.48. The summed E-state index contributed by atoms with van der Waals surface area (Å²) < 4.78 is 18.9. The number of aromatic nitrogens is 2. The van der Waals surface area contributed by atoms with Crippen LogP contribution in [0.5, 0.6) is 5.75 Å². The number of nitrogens with one attached hydrogen (secondary N) is 1. The number of rotatable bonds is 6. The Balaban J connectivity index is 0.00000272. The van der Waals surface area contributed by atoms with E-state index in [1.54, 1.807) is 7.11 Å². The highest BCUT2D eigenvalue weighted by atomic mass is 127. The summed E-state index contributed by atoms with van der Waals surface area (Å²) in [4.78, 5) is 7.12. The van der Waals surface area contributed by atoms with E-state index in [1.165, 1.54) is 0 Å². The zero-order valence-corrected chi connectivity index (χ0v) is 20.5. The molecule has 31 heavy (non-hydrogen) atoms. The van der Waals surface area contributed by atoms with E-state index in [0.717, 1.165) is 62.2 Å². The molecule has 3 heterocycles. The van der Waals surface area contributed by atoms with Gasteiger partial charge in [-0.05, 0) is 50.1 Å². The zero-order valence-electron chi connectivity index (χ0n) is 18.2. The van der Waals surface area contributed by atoms with Gasteiger partial charge in [-0.1, -0.05) is 0 Å². The number of hydrogen-bond acceptors (Lipinski definition) is 5. The highest BCUT2D eigenvalue weighted by Gasteiger charge is 2.32. The second kappa shape index (κ2) is 11.7. The molecule has 0 bridgehead atoms. The number of morpholine rings is 1. The van der Waals surface area contributed by atoms with Crippen LogP contribution in [0.2, 0.25) is 0 Å². The maximum absolute atomic E-state index is 5.98. The van der Waals surface area contributed by atoms with Gasteiger partial charge >= 0.3 is 0 Å². The molecular formula is C22H32IN5O3. The first kappa shape index (κ1) is 23.8. The Morgan fingerprint density at radius 1 is 1.19 bits per heavy atom. The Hall–Kier alpha value is -1.85. The predicted molar refractivity (Wildman–Crippen MR) is 131 cm³/mol. The molecule has 0 spiro atoms. The Labute approximate surface area is 201 Å². The van der Waals surface area contributed by atoms with Crippen molar-refractivity contribution in [3.63, 3.8) is 0 Å². The van der Waals surface area contributed by atoms with E-state index in [9.17, 15) is 0 Å². The summed E-state index contributed by atoms with van der Waals surface area (Å²) in [5, 5.41) is 8.08. The average molecular weight is 541 g/mol. The summed E-state index contributed by atoms with van der Waals surface area (Å²) >= 11 is 0. The molecule has 1 aromatic heterocycles. The van der Waals surface area contributed by atoms with Gasteiger partial charge in [0.1, 0.15) is 11.9 Å². The van der Waals surface area contributed by atoms with Crippen LogP contribution in [-0.2, 0) is 16.0 Å². The lowest BCUT2D eigenvalue weighted by atomic mass is 10.1. The number of methoxy groups -OCH3 is 1. The van der Waals surface area contributed by atoms with Crippen molar-refractivity contribution in [2.75, 3.05) is 40.0 Å². The van der Waals surface area contributed by atoms with Gasteiger partial charge in [-0.2, -0.15) is 5.10 Å². The quantitative estimate of drug-likeness (QED) is 0.345. The van der Waals surface area contributed by atoms with Crippen molar-refractivity contribution in [1.82, 2.24) is 20.0 Å². The van der Waals surface area contributed by atoms with E-state index in [1.807, 2.05) is 41.2 Å². The van der Waals surface area contributed by atoms with Gasteiger partial charge in [-0.3, -0.25) is 0 Å². The molecule has 2 unspecified atom stereocenters. The van der Waals surface area contributed by atoms with Crippen molar-refractivity contribution in [1.29, 1.82) is 0 Å². The number of ether oxygens (including phenoxy) is 3. The van der Waals surface area contributed by atoms with Crippen molar-refractivity contribution in [3.05, 3.63) is 42.2 Å². The number of guanidine groups is 1. The molecule has 8 nitrogen and oxygen atoms in total. The zero-order chi connectivity index (χ0) is 20.8. The predicted octanol–water partition coefficient (Wildman–Crippen LogP) is 2.84. The largest absolute Gasteiger partial charge is 0.497 e. The number of nitrogens with zero attached hydrogens (tertiary/aromatic N) is 4. The van der Waals surface area contributed by atoms with Crippen molar-refractivity contribution >= 4 is 29.9 Å². The van der Waals surface area contributed by atoms with E-state index >= 15 is 0 Å². The van der Waals surface area contributed by atoms with Crippen LogP contribution in [0.25, 0.3) is 5.69 Å². The fraction of sp³-hybridized carbons (Fsp3) is 0.545. The van der Waals surface area contributed by atoms with Crippen molar-refractivity contribution in [2.24, 2.45) is 4.99 Å². The molecule has 2 aromatic rings. The molecule has 0 amide bonds. The molecule has 2 atom stereocenters. The van der Waals surface area contributed by atoms with Crippen LogP contribution in [-0.4, -0.2) is 72.8 Å². The maximum Gasteiger partial charge on any atom is 0.194 e. The molecule has 0 radical (unpaired) electrons. The lowest BCUT2D eigenvalue weighted by Crippen LogP contribution is -2.53. The van der Waals surface area contributed by atoms with Gasteiger partial charge in [0.15, 0.2) is 5.96 Å². The molecule has 0 aliphatic carbocycles. The van der Waals surface area contributed by atoms with Gasteiger partial charge in [0.05, 0.1) is 37.7 Å². The van der Waals surface area contributed by atoms with Crippen molar-refractivity contribution in [3.8, 4) is 11.4 Å². The van der Waals surface area contributed by atoms with E-state index in [0.29, 0.717) is 13.2 Å². The fourth-order valence-corrected chi connectivity index (χ4v) is 3.89. The van der Waals surface area contributed by atoms with Crippen LogP contribution in [0.1, 0.15) is 25.5 Å². The minimum absolute atomic E-state index is 0. The third kappa shape index (κ3) is 6.11. The van der Waals surface area contributed by atoms with Crippen molar-refractivity contribution in [2.45, 2.75) is 38.5 Å². The summed E-state index contributed by atoms with van der Waals surface area (Å²) in [5.74, 6) is 1.74. The van der Waals surface area contributed by atoms with Crippen LogP contribution >= 0.6 is 24.0 Å². The normalized spacial score (nSPS) is 21.6. The first-order chi connectivity index (χ1) is 14.8. The Morgan fingerprint density at radius 3 is 2.71 bits per heavy atom. The van der Waals surface area contributed by atoms with E-state index in [4.69, 9.17) is 19.2 Å². The van der Waals surface area contributed by atoms with Crippen LogP contribution in [0.3, 0.4) is 0 Å². The Kier molecular flexibility index (Phi) is 8.97. The number of halogens is 1. The minimum atomic E-state index is 0. The maximum atomic E-state index is 5.98. The number of hydrogen-bond donors (Lipinski definition) is 1. The molecule has 2 aliphatic rings. The van der Waals surface area contributed by atoms with E-state index < -0.39 is 0 Å². The van der Waals surface area contributed by atoms with Gasteiger partial charge in [0, 0.05) is 32.4 Å². The first-order valence-corrected chi connectivity index (χ1v) is 10.7. The molecular weight excluding hydrogens is 509 g/mol. The minimum Gasteiger partial charge on any atom is -0.497 e. The lowest BCUT2D eigenvalue weighted by molar-refractivity contribution is -0.0817. The molecule has 2 aliphatic heterocycles. The summed E-state index contributed by atoms with van der Waals surface area (Å²) in [6.45, 7) is 6.60. The SMILES string of the molecule is CCNC(=NCc1ccn(-c2ccc(OC)cc2)n1)N1CCOC(C2CCCO2)C1.I. The first-order valence-electron chi connectivity index (χ1n) is 10.7. The van der Waals surface area contributed by atoms with Gasteiger partial charge in [-0.15, -0.1) is 24.0 Å². The van der Waals surface area contributed by atoms with Crippen LogP contribution in [0.4, 0.5) is 0 Å². The fourth-order valence-electron chi connectivity index (χ4n) is 3.89. The molecule has 1 aromatic carbocycles. The monoisotopic (exact) mass is 541 g/mol. The molecule has 0 saturated carbocycles. The molecule has 2 fully saturated rings. The van der Waals surface area contributed by atoms with Crippen LogP contribution in [0.15, 0.2) is 41.5 Å².